The van der Waals surface area contributed by atoms with Crippen molar-refractivity contribution in [3.8, 4) is 0 Å². The van der Waals surface area contributed by atoms with Crippen LogP contribution in [0.2, 0.25) is 0 Å². The lowest BCUT2D eigenvalue weighted by atomic mass is 9.51. The van der Waals surface area contributed by atoms with Crippen LogP contribution in [-0.4, -0.2) is 39.4 Å². The van der Waals surface area contributed by atoms with Crippen LogP contribution in [0.25, 0.3) is 0 Å². The van der Waals surface area contributed by atoms with Crippen molar-refractivity contribution in [3.05, 3.63) is 71.3 Å². The Morgan fingerprint density at radius 1 is 1.19 bits per heavy atom. The lowest BCUT2D eigenvalue weighted by Gasteiger charge is -2.55. The van der Waals surface area contributed by atoms with Gasteiger partial charge in [0.1, 0.15) is 11.7 Å². The van der Waals surface area contributed by atoms with Gasteiger partial charge in [-0.25, -0.2) is 0 Å². The zero-order valence-electron chi connectivity index (χ0n) is 18.3. The number of carbonyl (C=O) groups excluding carboxylic acids is 1. The van der Waals surface area contributed by atoms with E-state index in [1.165, 1.54) is 11.1 Å². The number of carbonyl (C=O) groups is 1. The van der Waals surface area contributed by atoms with Crippen LogP contribution in [0.4, 0.5) is 0 Å². The van der Waals surface area contributed by atoms with Crippen molar-refractivity contribution < 1.29 is 20.1 Å². The predicted molar refractivity (Wildman–Crippen MR) is 119 cm³/mol. The summed E-state index contributed by atoms with van der Waals surface area (Å²) in [5, 5.41) is 33.0. The van der Waals surface area contributed by atoms with Gasteiger partial charge in [-0.1, -0.05) is 60.6 Å². The second-order valence-corrected chi connectivity index (χ2v) is 10.4. The molecule has 3 unspecified atom stereocenters. The summed E-state index contributed by atoms with van der Waals surface area (Å²) in [5.41, 5.74) is 1.36. The molecule has 2 fully saturated rings. The molecule has 1 aromatic carbocycles. The maximum atomic E-state index is 12.1. The minimum atomic E-state index is -1.41. The van der Waals surface area contributed by atoms with Gasteiger partial charge in [0, 0.05) is 16.7 Å². The van der Waals surface area contributed by atoms with E-state index in [9.17, 15) is 20.1 Å². The third kappa shape index (κ3) is 2.68. The van der Waals surface area contributed by atoms with Crippen molar-refractivity contribution in [2.45, 2.75) is 57.2 Å². The maximum absolute atomic E-state index is 12.1. The van der Waals surface area contributed by atoms with Crippen molar-refractivity contribution in [1.29, 1.82) is 0 Å². The average Bonchev–Trinajstić information content (AvgIpc) is 3.02. The number of allylic oxidation sites excluding steroid dienone is 6. The number of aliphatic hydroxyl groups excluding tert-OH is 2. The first-order chi connectivity index (χ1) is 14.8. The van der Waals surface area contributed by atoms with Crippen LogP contribution in [0.5, 0.6) is 0 Å². The Bertz CT molecular complexity index is 992. The van der Waals surface area contributed by atoms with E-state index in [0.29, 0.717) is 6.42 Å². The van der Waals surface area contributed by atoms with E-state index in [1.807, 2.05) is 30.3 Å². The highest BCUT2D eigenvalue weighted by Gasteiger charge is 2.68. The average molecular weight is 421 g/mol. The van der Waals surface area contributed by atoms with Crippen LogP contribution in [0, 0.1) is 22.7 Å². The summed E-state index contributed by atoms with van der Waals surface area (Å²) in [7, 11) is 0. The summed E-state index contributed by atoms with van der Waals surface area (Å²) in [6.07, 6.45) is 9.84. The molecule has 1 aromatic rings. The summed E-state index contributed by atoms with van der Waals surface area (Å²) in [5.74, 6) is 0.294. The Kier molecular flexibility index (Phi) is 4.71. The molecule has 5 rings (SSSR count). The first-order valence-corrected chi connectivity index (χ1v) is 11.5. The Labute approximate surface area is 184 Å². The molecule has 2 saturated carbocycles. The first kappa shape index (κ1) is 20.9. The van der Waals surface area contributed by atoms with Crippen molar-refractivity contribution in [3.63, 3.8) is 0 Å². The molecule has 4 nitrogen and oxygen atoms in total. The third-order valence-electron chi connectivity index (χ3n) is 9.16. The second kappa shape index (κ2) is 6.99. The molecule has 7 atom stereocenters. The quantitative estimate of drug-likeness (QED) is 0.652. The molecule has 4 aliphatic rings. The smallest absolute Gasteiger partial charge is 0.178 e. The van der Waals surface area contributed by atoms with E-state index in [2.05, 4.69) is 26.0 Å². The molecule has 0 spiro atoms. The molecule has 4 heteroatoms. The molecule has 0 aliphatic heterocycles. The zero-order chi connectivity index (χ0) is 22.0. The largest absolute Gasteiger partial charge is 0.394 e. The highest BCUT2D eigenvalue weighted by atomic mass is 16.4. The summed E-state index contributed by atoms with van der Waals surface area (Å²) >= 11 is 0. The highest BCUT2D eigenvalue weighted by molar-refractivity contribution is 6.01. The second-order valence-electron chi connectivity index (χ2n) is 10.4. The molecule has 31 heavy (non-hydrogen) atoms. The molecule has 0 heterocycles. The summed E-state index contributed by atoms with van der Waals surface area (Å²) in [6, 6.07) is 9.94. The number of aliphatic hydroxyl groups is 3. The Hall–Kier alpha value is -2.01. The fraction of sp³-hybridized carbons (Fsp3) is 0.519. The Morgan fingerprint density at radius 3 is 2.65 bits per heavy atom. The van der Waals surface area contributed by atoms with Gasteiger partial charge in [-0.15, -0.1) is 0 Å². The summed E-state index contributed by atoms with van der Waals surface area (Å²) < 4.78 is 0. The molecule has 3 N–H and O–H groups in total. The zero-order valence-corrected chi connectivity index (χ0v) is 18.3. The standard InChI is InChI=1S/C27H32O4/c1-25-12-10-19(29)14-18(25)8-9-20-21(25)11-13-26(2)23(20)15-22(17-6-4-3-5-7-17)27(26,31)24(30)16-28/h3-7,10-12,14,20,22-24,28,30-31H,8-9,13,15-16H2,1-2H3/t20?,22-,23?,24?,25+,26+,27+/m1/s1. The number of rotatable bonds is 3. The molecule has 0 amide bonds. The summed E-state index contributed by atoms with van der Waals surface area (Å²) in [6.45, 7) is 3.85. The minimum absolute atomic E-state index is 0.0672. The van der Waals surface area contributed by atoms with Crippen molar-refractivity contribution in [2.75, 3.05) is 6.61 Å². The van der Waals surface area contributed by atoms with Crippen LogP contribution in [0.15, 0.2) is 65.8 Å². The van der Waals surface area contributed by atoms with Crippen LogP contribution in [-0.2, 0) is 4.79 Å². The van der Waals surface area contributed by atoms with Gasteiger partial charge in [0.15, 0.2) is 5.78 Å². The minimum Gasteiger partial charge on any atom is -0.394 e. The van der Waals surface area contributed by atoms with Gasteiger partial charge in [0.05, 0.1) is 6.61 Å². The topological polar surface area (TPSA) is 77.8 Å². The van der Waals surface area contributed by atoms with Gasteiger partial charge >= 0.3 is 0 Å². The van der Waals surface area contributed by atoms with E-state index < -0.39 is 23.7 Å². The number of fused-ring (bicyclic) bond motifs is 5. The van der Waals surface area contributed by atoms with Gasteiger partial charge in [0.25, 0.3) is 0 Å². The molecule has 164 valence electrons. The lowest BCUT2D eigenvalue weighted by Crippen LogP contribution is -2.59. The van der Waals surface area contributed by atoms with Crippen LogP contribution >= 0.6 is 0 Å². The van der Waals surface area contributed by atoms with Crippen LogP contribution in [0.1, 0.15) is 51.0 Å². The van der Waals surface area contributed by atoms with E-state index in [1.54, 1.807) is 12.2 Å². The fourth-order valence-electron chi connectivity index (χ4n) is 7.43. The molecular formula is C27H32O4. The van der Waals surface area contributed by atoms with Gasteiger partial charge in [0.2, 0.25) is 0 Å². The molecular weight excluding hydrogens is 388 g/mol. The first-order valence-electron chi connectivity index (χ1n) is 11.5. The molecule has 4 aliphatic carbocycles. The van der Waals surface area contributed by atoms with E-state index >= 15 is 0 Å². The number of benzene rings is 1. The molecule has 0 radical (unpaired) electrons. The maximum Gasteiger partial charge on any atom is 0.178 e. The van der Waals surface area contributed by atoms with Gasteiger partial charge < -0.3 is 15.3 Å². The Morgan fingerprint density at radius 2 is 1.94 bits per heavy atom. The van der Waals surface area contributed by atoms with Crippen molar-refractivity contribution >= 4 is 5.78 Å². The molecule has 0 saturated heterocycles. The van der Waals surface area contributed by atoms with Crippen LogP contribution in [0.3, 0.4) is 0 Å². The molecule has 0 aromatic heterocycles. The molecule has 0 bridgehead atoms. The van der Waals surface area contributed by atoms with Gasteiger partial charge in [-0.2, -0.15) is 0 Å². The normalized spacial score (nSPS) is 42.2. The fourth-order valence-corrected chi connectivity index (χ4v) is 7.43. The predicted octanol–water partition coefficient (Wildman–Crippen LogP) is 3.69. The number of hydrogen-bond acceptors (Lipinski definition) is 4. The van der Waals surface area contributed by atoms with E-state index in [0.717, 1.165) is 24.8 Å². The monoisotopic (exact) mass is 420 g/mol. The van der Waals surface area contributed by atoms with E-state index in [-0.39, 0.29) is 29.0 Å². The van der Waals surface area contributed by atoms with E-state index in [4.69, 9.17) is 0 Å². The lowest BCUT2D eigenvalue weighted by molar-refractivity contribution is -0.171. The Balaban J connectivity index is 1.61. The van der Waals surface area contributed by atoms with Crippen molar-refractivity contribution in [2.24, 2.45) is 22.7 Å². The van der Waals surface area contributed by atoms with Crippen molar-refractivity contribution in [1.82, 2.24) is 0 Å². The third-order valence-corrected chi connectivity index (χ3v) is 9.16. The number of hydrogen-bond donors (Lipinski definition) is 3. The van der Waals surface area contributed by atoms with Gasteiger partial charge in [-0.05, 0) is 62.2 Å². The highest BCUT2D eigenvalue weighted by Crippen LogP contribution is 2.68. The van der Waals surface area contributed by atoms with Crippen LogP contribution < -0.4 is 0 Å². The van der Waals surface area contributed by atoms with Gasteiger partial charge in [-0.3, -0.25) is 4.79 Å². The summed E-state index contributed by atoms with van der Waals surface area (Å²) in [4.78, 5) is 12.0. The number of ketones is 1. The SMILES string of the molecule is C[C@]12C=CC(=O)C=C1CCC1C2=CC[C@@]2(C)C1C[C@H](c1ccccc1)[C@]2(O)C(O)CO.